The van der Waals surface area contributed by atoms with Crippen molar-refractivity contribution in [3.63, 3.8) is 0 Å². The fraction of sp³-hybridized carbons (Fsp3) is 0.0769. The summed E-state index contributed by atoms with van der Waals surface area (Å²) in [6, 6.07) is 68.4. The Balaban J connectivity index is 0.000000214. The highest BCUT2D eigenvalue weighted by Crippen LogP contribution is 2.47. The van der Waals surface area contributed by atoms with Crippen LogP contribution in [0.5, 0.6) is 0 Å². The monoisotopic (exact) mass is 664 g/mol. The number of rotatable bonds is 2. The Morgan fingerprint density at radius 3 is 1.12 bits per heavy atom. The Bertz CT molecular complexity index is 2830. The maximum atomic E-state index is 2.37. The summed E-state index contributed by atoms with van der Waals surface area (Å²) in [4.78, 5) is 0. The first-order chi connectivity index (χ1) is 25.4. The second-order valence-electron chi connectivity index (χ2n) is 14.9. The van der Waals surface area contributed by atoms with E-state index in [1.165, 1.54) is 92.5 Å². The Labute approximate surface area is 305 Å². The first-order valence-electron chi connectivity index (χ1n) is 18.3. The van der Waals surface area contributed by atoms with Crippen molar-refractivity contribution in [3.8, 4) is 22.3 Å². The molecule has 10 aromatic carbocycles. The lowest BCUT2D eigenvalue weighted by molar-refractivity contribution is 0.596. The zero-order valence-corrected chi connectivity index (χ0v) is 29.9. The molecule has 0 spiro atoms. The normalized spacial score (nSPS) is 11.8. The van der Waals surface area contributed by atoms with E-state index in [0.717, 1.165) is 0 Å². The van der Waals surface area contributed by atoms with Crippen LogP contribution in [0.15, 0.2) is 188 Å². The minimum atomic E-state index is -0.00573. The zero-order valence-electron chi connectivity index (χ0n) is 29.9. The van der Waals surface area contributed by atoms with Gasteiger partial charge in [0.05, 0.1) is 0 Å². The van der Waals surface area contributed by atoms with E-state index in [4.69, 9.17) is 0 Å². The Morgan fingerprint density at radius 1 is 0.288 bits per heavy atom. The van der Waals surface area contributed by atoms with Crippen molar-refractivity contribution >= 4 is 64.6 Å². The van der Waals surface area contributed by atoms with Crippen LogP contribution in [-0.4, -0.2) is 0 Å². The average molecular weight is 665 g/mol. The van der Waals surface area contributed by atoms with E-state index in [9.17, 15) is 0 Å². The second-order valence-corrected chi connectivity index (χ2v) is 14.9. The topological polar surface area (TPSA) is 0 Å². The molecule has 0 aromatic heterocycles. The van der Waals surface area contributed by atoms with Gasteiger partial charge in [0.25, 0.3) is 0 Å². The number of benzene rings is 10. The van der Waals surface area contributed by atoms with Crippen molar-refractivity contribution < 1.29 is 0 Å². The van der Waals surface area contributed by atoms with Gasteiger partial charge < -0.3 is 0 Å². The largest absolute Gasteiger partial charge is 0.0616 e. The molecular weight excluding hydrogens is 625 g/mol. The van der Waals surface area contributed by atoms with E-state index in [-0.39, 0.29) is 5.41 Å². The predicted octanol–water partition coefficient (Wildman–Crippen LogP) is 14.9. The first kappa shape index (κ1) is 31.7. The molecule has 0 aliphatic rings. The lowest BCUT2D eigenvalue weighted by Crippen LogP contribution is -2.12. The van der Waals surface area contributed by atoms with Crippen LogP contribution in [-0.2, 0) is 5.41 Å². The Hall–Kier alpha value is -6.24. The lowest BCUT2D eigenvalue weighted by atomic mass is 9.77. The van der Waals surface area contributed by atoms with Crippen molar-refractivity contribution in [1.82, 2.24) is 0 Å². The molecule has 0 aliphatic carbocycles. The van der Waals surface area contributed by atoms with Gasteiger partial charge in [0, 0.05) is 0 Å². The molecule has 10 aromatic rings. The molecule has 0 N–H and O–H groups in total. The van der Waals surface area contributed by atoms with Gasteiger partial charge in [0.15, 0.2) is 0 Å². The van der Waals surface area contributed by atoms with Gasteiger partial charge in [0.1, 0.15) is 0 Å². The van der Waals surface area contributed by atoms with Gasteiger partial charge in [-0.3, -0.25) is 0 Å². The molecule has 0 unspecified atom stereocenters. The molecule has 0 saturated carbocycles. The first-order valence-corrected chi connectivity index (χ1v) is 18.3. The predicted molar refractivity (Wildman–Crippen MR) is 227 cm³/mol. The fourth-order valence-electron chi connectivity index (χ4n) is 8.04. The lowest BCUT2D eigenvalue weighted by Gasteiger charge is -2.26. The second kappa shape index (κ2) is 12.8. The summed E-state index contributed by atoms with van der Waals surface area (Å²) in [6.07, 6.45) is 0. The highest BCUT2D eigenvalue weighted by Gasteiger charge is 2.24. The molecule has 0 bridgehead atoms. The van der Waals surface area contributed by atoms with E-state index < -0.39 is 0 Å². The molecule has 0 amide bonds. The molecule has 0 nitrogen and oxygen atoms in total. The van der Waals surface area contributed by atoms with Gasteiger partial charge in [-0.05, 0) is 122 Å². The summed E-state index contributed by atoms with van der Waals surface area (Å²) in [5, 5.41) is 15.6. The maximum absolute atomic E-state index is 2.37. The molecule has 248 valence electrons. The standard InChI is InChI=1S/C38H30.C14H10/c1-38(2,3)34-18-10-17-33-35(29-21-19-25-11-4-6-13-27(25)23-29)31-15-8-9-16-32(31)36(37(33)34)30-22-20-26-12-5-7-14-28(26)24-30;1-2-6-12-10-14-8-4-3-7-13(14)9-11(12)5-1/h4-24H,1-3H3;1-10H. The van der Waals surface area contributed by atoms with E-state index in [1.54, 1.807) is 0 Å². The molecule has 52 heavy (non-hydrogen) atoms. The molecule has 0 heteroatoms. The molecule has 10 rings (SSSR count). The van der Waals surface area contributed by atoms with Crippen LogP contribution in [0.3, 0.4) is 0 Å². The highest BCUT2D eigenvalue weighted by atomic mass is 14.3. The van der Waals surface area contributed by atoms with Crippen LogP contribution in [0.1, 0.15) is 26.3 Å². The van der Waals surface area contributed by atoms with Gasteiger partial charge in [-0.25, -0.2) is 0 Å². The Morgan fingerprint density at radius 2 is 0.654 bits per heavy atom. The number of hydrogen-bond donors (Lipinski definition) is 0. The molecule has 0 atom stereocenters. The third-order valence-corrected chi connectivity index (χ3v) is 10.5. The van der Waals surface area contributed by atoms with Crippen molar-refractivity contribution in [3.05, 3.63) is 194 Å². The maximum Gasteiger partial charge on any atom is -0.00232 e. The minimum Gasteiger partial charge on any atom is -0.0616 e. The van der Waals surface area contributed by atoms with Gasteiger partial charge in [0.2, 0.25) is 0 Å². The molecule has 0 saturated heterocycles. The van der Waals surface area contributed by atoms with Crippen molar-refractivity contribution in [2.75, 3.05) is 0 Å². The summed E-state index contributed by atoms with van der Waals surface area (Å²) in [6.45, 7) is 6.99. The summed E-state index contributed by atoms with van der Waals surface area (Å²) < 4.78 is 0. The summed E-state index contributed by atoms with van der Waals surface area (Å²) in [5.74, 6) is 0. The van der Waals surface area contributed by atoms with Gasteiger partial charge >= 0.3 is 0 Å². The summed E-state index contributed by atoms with van der Waals surface area (Å²) in [5.41, 5.74) is 6.56. The van der Waals surface area contributed by atoms with Gasteiger partial charge in [-0.2, -0.15) is 0 Å². The smallest absolute Gasteiger partial charge is 0.00232 e. The summed E-state index contributed by atoms with van der Waals surface area (Å²) in [7, 11) is 0. The van der Waals surface area contributed by atoms with Gasteiger partial charge in [-0.1, -0.05) is 185 Å². The van der Waals surface area contributed by atoms with Crippen LogP contribution in [0.25, 0.3) is 86.9 Å². The van der Waals surface area contributed by atoms with Gasteiger partial charge in [-0.15, -0.1) is 0 Å². The zero-order chi connectivity index (χ0) is 35.2. The van der Waals surface area contributed by atoms with E-state index in [1.807, 2.05) is 0 Å². The van der Waals surface area contributed by atoms with Crippen LogP contribution in [0, 0.1) is 0 Å². The van der Waals surface area contributed by atoms with Crippen LogP contribution in [0.4, 0.5) is 0 Å². The van der Waals surface area contributed by atoms with Crippen LogP contribution in [0.2, 0.25) is 0 Å². The van der Waals surface area contributed by atoms with E-state index in [2.05, 4.69) is 209 Å². The van der Waals surface area contributed by atoms with E-state index in [0.29, 0.717) is 0 Å². The third kappa shape index (κ3) is 5.67. The third-order valence-electron chi connectivity index (χ3n) is 10.5. The Kier molecular flexibility index (Phi) is 7.82. The highest BCUT2D eigenvalue weighted by molar-refractivity contribution is 6.23. The molecular formula is C52H40. The van der Waals surface area contributed by atoms with Crippen LogP contribution < -0.4 is 0 Å². The summed E-state index contributed by atoms with van der Waals surface area (Å²) >= 11 is 0. The van der Waals surface area contributed by atoms with Crippen molar-refractivity contribution in [2.45, 2.75) is 26.2 Å². The number of hydrogen-bond acceptors (Lipinski definition) is 0. The fourth-order valence-corrected chi connectivity index (χ4v) is 8.04. The van der Waals surface area contributed by atoms with Crippen molar-refractivity contribution in [1.29, 1.82) is 0 Å². The molecule has 0 aliphatic heterocycles. The van der Waals surface area contributed by atoms with E-state index >= 15 is 0 Å². The molecule has 0 fully saturated rings. The SMILES string of the molecule is CC(C)(C)c1cccc2c(-c3ccc4ccccc4c3)c3ccccc3c(-c3ccc4ccccc4c3)c12.c1ccc2cc3ccccc3cc2c1. The average Bonchev–Trinajstić information content (AvgIpc) is 3.18. The quantitative estimate of drug-likeness (QED) is 0.161. The van der Waals surface area contributed by atoms with Crippen LogP contribution >= 0.6 is 0 Å². The van der Waals surface area contributed by atoms with Crippen molar-refractivity contribution in [2.24, 2.45) is 0 Å². The molecule has 0 radical (unpaired) electrons. The minimum absolute atomic E-state index is 0.00573. The number of fused-ring (bicyclic) bond motifs is 6. The molecule has 0 heterocycles.